The van der Waals surface area contributed by atoms with Gasteiger partial charge in [0.1, 0.15) is 18.1 Å². The van der Waals surface area contributed by atoms with E-state index in [0.29, 0.717) is 31.8 Å². The number of nitrogens with zero attached hydrogens (tertiary/aromatic N) is 1. The largest absolute Gasteiger partial charge is 0.489 e. The molecule has 25 heavy (non-hydrogen) atoms. The minimum atomic E-state index is -0.856. The van der Waals surface area contributed by atoms with Crippen molar-refractivity contribution in [3.05, 3.63) is 53.5 Å². The number of benzene rings is 1. The van der Waals surface area contributed by atoms with Crippen LogP contribution in [0, 0.1) is 12.8 Å². The lowest BCUT2D eigenvalue weighted by molar-refractivity contribution is -0.143. The lowest BCUT2D eigenvalue weighted by atomic mass is 9.98. The molecule has 1 fully saturated rings. The average Bonchev–Trinajstić information content (AvgIpc) is 3.01. The normalized spacial score (nSPS) is 17.3. The van der Waals surface area contributed by atoms with Crippen LogP contribution in [0.15, 0.2) is 40.8 Å². The fourth-order valence-electron chi connectivity index (χ4n) is 2.97. The van der Waals surface area contributed by atoms with Crippen molar-refractivity contribution in [1.29, 1.82) is 0 Å². The van der Waals surface area contributed by atoms with Crippen LogP contribution in [-0.2, 0) is 11.4 Å². The number of carbonyl (C=O) groups excluding carboxylic acids is 1. The third-order valence-corrected chi connectivity index (χ3v) is 4.43. The molecule has 0 saturated carbocycles. The van der Waals surface area contributed by atoms with E-state index < -0.39 is 11.9 Å². The second-order valence-electron chi connectivity index (χ2n) is 6.22. The summed E-state index contributed by atoms with van der Waals surface area (Å²) in [5.74, 6) is -0.0164. The Bertz CT molecular complexity index is 752. The number of ether oxygens (including phenoxy) is 1. The number of hydrogen-bond acceptors (Lipinski definition) is 4. The number of aliphatic carboxylic acids is 1. The van der Waals surface area contributed by atoms with Crippen molar-refractivity contribution >= 4 is 11.9 Å². The molecule has 0 radical (unpaired) electrons. The zero-order valence-corrected chi connectivity index (χ0v) is 14.1. The summed E-state index contributed by atoms with van der Waals surface area (Å²) >= 11 is 0. The summed E-state index contributed by atoms with van der Waals surface area (Å²) < 4.78 is 11.3. The second kappa shape index (κ2) is 7.42. The van der Waals surface area contributed by atoms with Gasteiger partial charge in [0.05, 0.1) is 5.92 Å². The summed E-state index contributed by atoms with van der Waals surface area (Å²) in [7, 11) is 0. The smallest absolute Gasteiger partial charge is 0.308 e. The van der Waals surface area contributed by atoms with E-state index in [2.05, 4.69) is 0 Å². The molecule has 2 heterocycles. The van der Waals surface area contributed by atoms with Gasteiger partial charge in [-0.05, 0) is 38.0 Å². The first-order chi connectivity index (χ1) is 12.0. The summed E-state index contributed by atoms with van der Waals surface area (Å²) in [5, 5.41) is 9.16. The van der Waals surface area contributed by atoms with Crippen molar-refractivity contribution in [2.45, 2.75) is 26.4 Å². The van der Waals surface area contributed by atoms with Crippen LogP contribution in [0.4, 0.5) is 0 Å². The van der Waals surface area contributed by atoms with Crippen molar-refractivity contribution in [3.63, 3.8) is 0 Å². The Labute approximate surface area is 146 Å². The molecule has 1 aliphatic heterocycles. The van der Waals surface area contributed by atoms with Gasteiger partial charge in [-0.15, -0.1) is 0 Å². The molecule has 1 aromatic heterocycles. The van der Waals surface area contributed by atoms with Gasteiger partial charge < -0.3 is 19.2 Å². The first kappa shape index (κ1) is 17.1. The predicted octanol–water partition coefficient (Wildman–Crippen LogP) is 3.10. The maximum absolute atomic E-state index is 12.6. The first-order valence-corrected chi connectivity index (χ1v) is 8.34. The lowest BCUT2D eigenvalue weighted by Gasteiger charge is -2.29. The van der Waals surface area contributed by atoms with E-state index in [1.807, 2.05) is 30.3 Å². The van der Waals surface area contributed by atoms with Crippen LogP contribution in [0.3, 0.4) is 0 Å². The molecular weight excluding hydrogens is 322 g/mol. The molecule has 1 aromatic carbocycles. The van der Waals surface area contributed by atoms with Crippen LogP contribution >= 0.6 is 0 Å². The Morgan fingerprint density at radius 1 is 1.32 bits per heavy atom. The first-order valence-electron chi connectivity index (χ1n) is 8.34. The molecule has 6 nitrogen and oxygen atoms in total. The SMILES string of the molecule is Cc1oc(C(=O)N2CCCC(C(=O)O)C2)cc1COc1ccccc1. The number of carbonyl (C=O) groups is 2. The van der Waals surface area contributed by atoms with Gasteiger partial charge in [-0.3, -0.25) is 9.59 Å². The van der Waals surface area contributed by atoms with Crippen LogP contribution in [0.5, 0.6) is 5.75 Å². The van der Waals surface area contributed by atoms with Crippen molar-refractivity contribution in [1.82, 2.24) is 4.90 Å². The Kier molecular flexibility index (Phi) is 5.07. The molecule has 2 aromatic rings. The number of carboxylic acids is 1. The van der Waals surface area contributed by atoms with E-state index >= 15 is 0 Å². The van der Waals surface area contributed by atoms with E-state index in [1.165, 1.54) is 0 Å². The fraction of sp³-hybridized carbons (Fsp3) is 0.368. The van der Waals surface area contributed by atoms with Gasteiger partial charge in [0.2, 0.25) is 0 Å². The van der Waals surface area contributed by atoms with Gasteiger partial charge in [-0.1, -0.05) is 18.2 Å². The number of hydrogen-bond donors (Lipinski definition) is 1. The van der Waals surface area contributed by atoms with Gasteiger partial charge >= 0.3 is 5.97 Å². The summed E-state index contributed by atoms with van der Waals surface area (Å²) in [6.45, 7) is 2.88. The summed E-state index contributed by atoms with van der Waals surface area (Å²) in [5.41, 5.74) is 0.805. The van der Waals surface area contributed by atoms with Gasteiger partial charge in [-0.25, -0.2) is 0 Å². The summed E-state index contributed by atoms with van der Waals surface area (Å²) in [6, 6.07) is 11.1. The van der Waals surface area contributed by atoms with Crippen molar-refractivity contribution in [2.24, 2.45) is 5.92 Å². The van der Waals surface area contributed by atoms with Gasteiger partial charge in [0.25, 0.3) is 5.91 Å². The quantitative estimate of drug-likeness (QED) is 0.902. The molecule has 1 amide bonds. The number of aryl methyl sites for hydroxylation is 1. The van der Waals surface area contributed by atoms with Crippen molar-refractivity contribution < 1.29 is 23.8 Å². The number of rotatable bonds is 5. The molecular formula is C19H21NO5. The topological polar surface area (TPSA) is 80.0 Å². The highest BCUT2D eigenvalue weighted by Crippen LogP contribution is 2.22. The maximum atomic E-state index is 12.6. The minimum Gasteiger partial charge on any atom is -0.489 e. The lowest BCUT2D eigenvalue weighted by Crippen LogP contribution is -2.42. The molecule has 1 N–H and O–H groups in total. The van der Waals surface area contributed by atoms with E-state index in [0.717, 1.165) is 11.3 Å². The maximum Gasteiger partial charge on any atom is 0.308 e. The average molecular weight is 343 g/mol. The number of furan rings is 1. The predicted molar refractivity (Wildman–Crippen MR) is 90.5 cm³/mol. The number of carboxylic acid groups (broad SMARTS) is 1. The van der Waals surface area contributed by atoms with E-state index in [1.54, 1.807) is 17.9 Å². The molecule has 1 saturated heterocycles. The number of para-hydroxylation sites is 1. The van der Waals surface area contributed by atoms with E-state index in [9.17, 15) is 9.59 Å². The molecule has 0 spiro atoms. The highest BCUT2D eigenvalue weighted by atomic mass is 16.5. The number of piperidine rings is 1. The second-order valence-corrected chi connectivity index (χ2v) is 6.22. The number of likely N-dealkylation sites (tertiary alicyclic amines) is 1. The zero-order chi connectivity index (χ0) is 17.8. The minimum absolute atomic E-state index is 0.226. The fourth-order valence-corrected chi connectivity index (χ4v) is 2.97. The molecule has 1 aliphatic rings. The summed E-state index contributed by atoms with van der Waals surface area (Å²) in [6.07, 6.45) is 1.29. The van der Waals surface area contributed by atoms with E-state index in [-0.39, 0.29) is 18.2 Å². The molecule has 3 rings (SSSR count). The standard InChI is InChI=1S/C19H21NO5/c1-13-15(12-24-16-7-3-2-4-8-16)10-17(25-13)18(21)20-9-5-6-14(11-20)19(22)23/h2-4,7-8,10,14H,5-6,9,11-12H2,1H3,(H,22,23). The highest BCUT2D eigenvalue weighted by molar-refractivity contribution is 5.92. The Hall–Kier alpha value is -2.76. The Morgan fingerprint density at radius 3 is 2.80 bits per heavy atom. The Balaban J connectivity index is 1.66. The van der Waals surface area contributed by atoms with Crippen molar-refractivity contribution in [3.8, 4) is 5.75 Å². The van der Waals surface area contributed by atoms with E-state index in [4.69, 9.17) is 14.3 Å². The molecule has 0 aliphatic carbocycles. The van der Waals surface area contributed by atoms with Crippen LogP contribution < -0.4 is 4.74 Å². The zero-order valence-electron chi connectivity index (χ0n) is 14.1. The van der Waals surface area contributed by atoms with Crippen LogP contribution in [0.2, 0.25) is 0 Å². The third kappa shape index (κ3) is 4.02. The van der Waals surface area contributed by atoms with Crippen LogP contribution in [0.1, 0.15) is 34.7 Å². The van der Waals surface area contributed by atoms with Gasteiger partial charge in [0.15, 0.2) is 5.76 Å². The molecule has 132 valence electrons. The monoisotopic (exact) mass is 343 g/mol. The molecule has 1 atom stereocenters. The Morgan fingerprint density at radius 2 is 2.08 bits per heavy atom. The highest BCUT2D eigenvalue weighted by Gasteiger charge is 2.30. The van der Waals surface area contributed by atoms with Crippen LogP contribution in [0.25, 0.3) is 0 Å². The van der Waals surface area contributed by atoms with Crippen LogP contribution in [-0.4, -0.2) is 35.0 Å². The third-order valence-electron chi connectivity index (χ3n) is 4.43. The van der Waals surface area contributed by atoms with Crippen molar-refractivity contribution in [2.75, 3.05) is 13.1 Å². The number of amides is 1. The molecule has 0 bridgehead atoms. The molecule has 1 unspecified atom stereocenters. The molecule has 6 heteroatoms. The van der Waals surface area contributed by atoms with Gasteiger partial charge in [-0.2, -0.15) is 0 Å². The van der Waals surface area contributed by atoms with Gasteiger partial charge in [0, 0.05) is 18.7 Å². The summed E-state index contributed by atoms with van der Waals surface area (Å²) in [4.78, 5) is 25.3.